The lowest BCUT2D eigenvalue weighted by molar-refractivity contribution is -0.116. The highest BCUT2D eigenvalue weighted by Crippen LogP contribution is 2.31. The second-order valence-corrected chi connectivity index (χ2v) is 6.37. The maximum atomic E-state index is 12.6. The number of aromatic nitrogens is 3. The van der Waals surface area contributed by atoms with Gasteiger partial charge in [0, 0.05) is 21.8 Å². The van der Waals surface area contributed by atoms with Crippen LogP contribution in [-0.4, -0.2) is 38.0 Å². The Morgan fingerprint density at radius 1 is 1.19 bits per heavy atom. The van der Waals surface area contributed by atoms with Crippen LogP contribution in [0, 0.1) is 0 Å². The Kier molecular flexibility index (Phi) is 4.21. The molecule has 0 radical (unpaired) electrons. The molecule has 0 spiro atoms. The molecule has 0 bridgehead atoms. The van der Waals surface area contributed by atoms with Gasteiger partial charge in [-0.05, 0) is 24.3 Å². The monoisotopic (exact) mass is 379 g/mol. The summed E-state index contributed by atoms with van der Waals surface area (Å²) in [5.41, 5.74) is 2.86. The van der Waals surface area contributed by atoms with Gasteiger partial charge in [0.25, 0.3) is 5.91 Å². The number of benzene rings is 2. The number of amides is 2. The van der Waals surface area contributed by atoms with E-state index in [1.54, 1.807) is 30.3 Å². The van der Waals surface area contributed by atoms with E-state index in [0.29, 0.717) is 27.7 Å². The number of halogens is 1. The van der Waals surface area contributed by atoms with E-state index in [1.807, 2.05) is 12.1 Å². The van der Waals surface area contributed by atoms with E-state index < -0.39 is 0 Å². The summed E-state index contributed by atoms with van der Waals surface area (Å²) < 4.78 is 1.52. The lowest BCUT2D eigenvalue weighted by Gasteiger charge is -2.18. The molecule has 2 aromatic carbocycles. The molecule has 2 amide bonds. The summed E-state index contributed by atoms with van der Waals surface area (Å²) >= 11 is 6.06. The van der Waals surface area contributed by atoms with Gasteiger partial charge in [-0.25, -0.2) is 9.67 Å². The Balaban J connectivity index is 1.56. The average Bonchev–Trinajstić information content (AvgIpc) is 3.26. The predicted octanol–water partition coefficient (Wildman–Crippen LogP) is 2.99. The molecule has 0 saturated carbocycles. The molecule has 3 aromatic rings. The summed E-state index contributed by atoms with van der Waals surface area (Å²) in [5.74, 6) is -0.616. The summed E-state index contributed by atoms with van der Waals surface area (Å²) in [4.78, 5) is 30.4. The highest BCUT2D eigenvalue weighted by Gasteiger charge is 2.32. The number of hydrogen-bond acceptors (Lipinski definition) is 4. The molecule has 0 unspecified atom stereocenters. The van der Waals surface area contributed by atoms with Crippen molar-refractivity contribution in [1.29, 1.82) is 0 Å². The van der Waals surface area contributed by atoms with Gasteiger partial charge < -0.3 is 5.32 Å². The van der Waals surface area contributed by atoms with Crippen LogP contribution in [0.5, 0.6) is 0 Å². The standard InChI is InChI=1S/C19H14ClN5O2/c1-12-14-4-2-3-5-15(14)19(27)24(12)9-18(26)23-16-8-13(20)6-7-17(16)25-11-21-10-22-25/h2-8,10-11H,1,9H2,(H,23,26). The number of nitrogens with zero attached hydrogens (tertiary/aromatic N) is 4. The number of carbonyl (C=O) groups excluding carboxylic acids is 2. The third-order valence-electron chi connectivity index (χ3n) is 4.24. The van der Waals surface area contributed by atoms with Crippen LogP contribution in [-0.2, 0) is 4.79 Å². The first kappa shape index (κ1) is 17.0. The minimum Gasteiger partial charge on any atom is -0.323 e. The number of nitrogens with one attached hydrogen (secondary N) is 1. The predicted molar refractivity (Wildman–Crippen MR) is 102 cm³/mol. The molecule has 2 heterocycles. The van der Waals surface area contributed by atoms with E-state index in [-0.39, 0.29) is 18.4 Å². The molecule has 134 valence electrons. The molecule has 8 heteroatoms. The maximum Gasteiger partial charge on any atom is 0.259 e. The summed E-state index contributed by atoms with van der Waals surface area (Å²) in [5, 5.41) is 7.32. The zero-order chi connectivity index (χ0) is 19.0. The van der Waals surface area contributed by atoms with Crippen molar-refractivity contribution >= 4 is 34.8 Å². The van der Waals surface area contributed by atoms with Crippen molar-refractivity contribution in [1.82, 2.24) is 19.7 Å². The van der Waals surface area contributed by atoms with E-state index in [9.17, 15) is 9.59 Å². The molecule has 1 aromatic heterocycles. The fourth-order valence-electron chi connectivity index (χ4n) is 2.98. The third-order valence-corrected chi connectivity index (χ3v) is 4.47. The highest BCUT2D eigenvalue weighted by molar-refractivity contribution is 6.31. The van der Waals surface area contributed by atoms with Crippen molar-refractivity contribution in [3.05, 3.63) is 77.8 Å². The van der Waals surface area contributed by atoms with Gasteiger partial charge in [-0.2, -0.15) is 5.10 Å². The quantitative estimate of drug-likeness (QED) is 0.755. The molecule has 7 nitrogen and oxygen atoms in total. The van der Waals surface area contributed by atoms with Crippen LogP contribution in [0.1, 0.15) is 15.9 Å². The van der Waals surface area contributed by atoms with Crippen LogP contribution in [0.15, 0.2) is 61.7 Å². The zero-order valence-electron chi connectivity index (χ0n) is 14.1. The van der Waals surface area contributed by atoms with Gasteiger partial charge in [-0.1, -0.05) is 36.4 Å². The number of carbonyl (C=O) groups is 2. The van der Waals surface area contributed by atoms with Gasteiger partial charge in [0.2, 0.25) is 5.91 Å². The summed E-state index contributed by atoms with van der Waals surface area (Å²) in [6, 6.07) is 12.2. The summed E-state index contributed by atoms with van der Waals surface area (Å²) in [6.07, 6.45) is 2.91. The van der Waals surface area contributed by atoms with Crippen LogP contribution in [0.3, 0.4) is 0 Å². The number of fused-ring (bicyclic) bond motifs is 1. The molecule has 1 aliphatic rings. The molecular weight excluding hydrogens is 366 g/mol. The first-order chi connectivity index (χ1) is 13.0. The van der Waals surface area contributed by atoms with Crippen molar-refractivity contribution < 1.29 is 9.59 Å². The van der Waals surface area contributed by atoms with E-state index in [0.717, 1.165) is 5.56 Å². The van der Waals surface area contributed by atoms with Crippen molar-refractivity contribution in [2.24, 2.45) is 0 Å². The van der Waals surface area contributed by atoms with Gasteiger partial charge in [0.15, 0.2) is 0 Å². The number of anilines is 1. The van der Waals surface area contributed by atoms with Gasteiger partial charge in [-0.3, -0.25) is 14.5 Å². The SMILES string of the molecule is C=C1c2ccccc2C(=O)N1CC(=O)Nc1cc(Cl)ccc1-n1cncn1. The summed E-state index contributed by atoms with van der Waals surface area (Å²) in [6.45, 7) is 3.78. The fourth-order valence-corrected chi connectivity index (χ4v) is 3.15. The minimum atomic E-state index is -0.374. The Morgan fingerprint density at radius 3 is 2.67 bits per heavy atom. The lowest BCUT2D eigenvalue weighted by Crippen LogP contribution is -2.33. The van der Waals surface area contributed by atoms with E-state index >= 15 is 0 Å². The Bertz CT molecular complexity index is 1030. The number of rotatable bonds is 4. The molecule has 0 atom stereocenters. The van der Waals surface area contributed by atoms with Crippen LogP contribution < -0.4 is 5.32 Å². The Hall–Kier alpha value is -3.45. The van der Waals surface area contributed by atoms with Crippen molar-refractivity contribution in [3.8, 4) is 5.69 Å². The molecule has 0 aliphatic carbocycles. The molecule has 1 N–H and O–H groups in total. The second kappa shape index (κ2) is 6.69. The molecule has 0 fully saturated rings. The molecular formula is C19H14ClN5O2. The Labute approximate surface area is 159 Å². The first-order valence-corrected chi connectivity index (χ1v) is 8.47. The van der Waals surface area contributed by atoms with Crippen LogP contribution >= 0.6 is 11.6 Å². The van der Waals surface area contributed by atoms with Crippen LogP contribution in [0.2, 0.25) is 5.02 Å². The highest BCUT2D eigenvalue weighted by atomic mass is 35.5. The number of hydrogen-bond donors (Lipinski definition) is 1. The topological polar surface area (TPSA) is 80.1 Å². The zero-order valence-corrected chi connectivity index (χ0v) is 14.8. The largest absolute Gasteiger partial charge is 0.323 e. The lowest BCUT2D eigenvalue weighted by atomic mass is 10.1. The molecule has 0 saturated heterocycles. The molecule has 27 heavy (non-hydrogen) atoms. The van der Waals surface area contributed by atoms with Crippen molar-refractivity contribution in [2.75, 3.05) is 11.9 Å². The summed E-state index contributed by atoms with van der Waals surface area (Å²) in [7, 11) is 0. The van der Waals surface area contributed by atoms with E-state index in [2.05, 4.69) is 22.0 Å². The fraction of sp³-hybridized carbons (Fsp3) is 0.0526. The van der Waals surface area contributed by atoms with Crippen molar-refractivity contribution in [2.45, 2.75) is 0 Å². The maximum absolute atomic E-state index is 12.6. The second-order valence-electron chi connectivity index (χ2n) is 5.93. The normalized spacial score (nSPS) is 13.0. The van der Waals surface area contributed by atoms with E-state index in [4.69, 9.17) is 11.6 Å². The molecule has 4 rings (SSSR count). The average molecular weight is 380 g/mol. The van der Waals surface area contributed by atoms with E-state index in [1.165, 1.54) is 22.2 Å². The van der Waals surface area contributed by atoms with Crippen LogP contribution in [0.25, 0.3) is 11.4 Å². The van der Waals surface area contributed by atoms with Gasteiger partial charge >= 0.3 is 0 Å². The Morgan fingerprint density at radius 2 is 1.96 bits per heavy atom. The molecule has 1 aliphatic heterocycles. The smallest absolute Gasteiger partial charge is 0.259 e. The third kappa shape index (κ3) is 3.09. The van der Waals surface area contributed by atoms with Crippen LogP contribution in [0.4, 0.5) is 5.69 Å². The van der Waals surface area contributed by atoms with Gasteiger partial charge in [0.1, 0.15) is 19.2 Å². The van der Waals surface area contributed by atoms with Gasteiger partial charge in [-0.15, -0.1) is 0 Å². The van der Waals surface area contributed by atoms with Gasteiger partial charge in [0.05, 0.1) is 11.4 Å². The van der Waals surface area contributed by atoms with Crippen molar-refractivity contribution in [3.63, 3.8) is 0 Å². The minimum absolute atomic E-state index is 0.157. The first-order valence-electron chi connectivity index (χ1n) is 8.09.